The Morgan fingerprint density at radius 1 is 1.09 bits per heavy atom. The van der Waals surface area contributed by atoms with Crippen LogP contribution in [-0.2, 0) is 21.4 Å². The predicted molar refractivity (Wildman–Crippen MR) is 127 cm³/mol. The van der Waals surface area contributed by atoms with Crippen LogP contribution in [0.2, 0.25) is 0 Å². The van der Waals surface area contributed by atoms with Gasteiger partial charge in [-0.1, -0.05) is 31.5 Å². The number of hydrogen-bond donors (Lipinski definition) is 0. The first-order chi connectivity index (χ1) is 15.6. The number of likely N-dealkylation sites (N-methyl/N-ethyl adjacent to an activating group) is 1. The van der Waals surface area contributed by atoms with Crippen LogP contribution in [0.1, 0.15) is 25.8 Å². The second-order valence-corrected chi connectivity index (χ2v) is 11.1. The standard InChI is InChI=1S/C24H29N3O5S/c1-16-5-7-19(8-6-16)25(4)23(28)15-27-21-10-9-20(12-22(21)32-24(27)29)33(30,31)26-13-17(2)11-18(3)14-26/h5-10,12,17-18H,11,13-15H2,1-4H3/t17-,18-/m0/s1. The number of aryl methyl sites for hydroxylation is 1. The molecule has 1 fully saturated rings. The van der Waals surface area contributed by atoms with E-state index in [1.54, 1.807) is 7.05 Å². The smallest absolute Gasteiger partial charge is 0.408 e. The lowest BCUT2D eigenvalue weighted by Crippen LogP contribution is -2.42. The number of fused-ring (bicyclic) bond motifs is 1. The predicted octanol–water partition coefficient (Wildman–Crippen LogP) is 3.23. The number of amides is 1. The van der Waals surface area contributed by atoms with E-state index in [4.69, 9.17) is 4.42 Å². The van der Waals surface area contributed by atoms with Gasteiger partial charge >= 0.3 is 5.76 Å². The third-order valence-corrected chi connectivity index (χ3v) is 8.03. The summed E-state index contributed by atoms with van der Waals surface area (Å²) < 4.78 is 34.4. The number of aromatic nitrogens is 1. The fraction of sp³-hybridized carbons (Fsp3) is 0.417. The molecule has 9 heteroatoms. The Bertz CT molecular complexity index is 1330. The summed E-state index contributed by atoms with van der Waals surface area (Å²) in [6, 6.07) is 11.9. The molecule has 0 radical (unpaired) electrons. The van der Waals surface area contributed by atoms with Crippen molar-refractivity contribution in [3.05, 3.63) is 58.6 Å². The fourth-order valence-corrected chi connectivity index (χ4v) is 6.16. The number of carbonyl (C=O) groups excluding carboxylic acids is 1. The topological polar surface area (TPSA) is 92.8 Å². The van der Waals surface area contributed by atoms with E-state index in [1.807, 2.05) is 45.0 Å². The highest BCUT2D eigenvalue weighted by Crippen LogP contribution is 2.28. The van der Waals surface area contributed by atoms with Crippen LogP contribution in [0, 0.1) is 18.8 Å². The molecule has 2 heterocycles. The molecule has 33 heavy (non-hydrogen) atoms. The van der Waals surface area contributed by atoms with Gasteiger partial charge in [0.05, 0.1) is 10.4 Å². The summed E-state index contributed by atoms with van der Waals surface area (Å²) in [7, 11) is -2.07. The number of rotatable bonds is 5. The SMILES string of the molecule is Cc1ccc(N(C)C(=O)Cn2c(=O)oc3cc(S(=O)(=O)N4C[C@@H](C)C[C@H](C)C4)ccc32)cc1. The summed E-state index contributed by atoms with van der Waals surface area (Å²) in [5.74, 6) is -0.437. The normalized spacial score (nSPS) is 19.6. The van der Waals surface area contributed by atoms with Gasteiger partial charge in [0.1, 0.15) is 6.54 Å². The largest absolute Gasteiger partial charge is 0.420 e. The average Bonchev–Trinajstić information content (AvgIpc) is 3.07. The summed E-state index contributed by atoms with van der Waals surface area (Å²) in [6.07, 6.45) is 0.994. The summed E-state index contributed by atoms with van der Waals surface area (Å²) in [5, 5.41) is 0. The molecule has 1 aromatic heterocycles. The average molecular weight is 472 g/mol. The summed E-state index contributed by atoms with van der Waals surface area (Å²) >= 11 is 0. The lowest BCUT2D eigenvalue weighted by Gasteiger charge is -2.34. The van der Waals surface area contributed by atoms with Crippen molar-refractivity contribution in [3.8, 4) is 0 Å². The van der Waals surface area contributed by atoms with Crippen LogP contribution in [0.3, 0.4) is 0 Å². The monoisotopic (exact) mass is 471 g/mol. The molecule has 0 aliphatic carbocycles. The number of benzene rings is 2. The van der Waals surface area contributed by atoms with E-state index in [1.165, 1.54) is 32.0 Å². The maximum Gasteiger partial charge on any atom is 0.420 e. The molecule has 1 aliphatic rings. The number of hydrogen-bond acceptors (Lipinski definition) is 5. The van der Waals surface area contributed by atoms with Gasteiger partial charge in [0.2, 0.25) is 15.9 Å². The lowest BCUT2D eigenvalue weighted by atomic mass is 9.94. The van der Waals surface area contributed by atoms with Gasteiger partial charge in [0.15, 0.2) is 5.58 Å². The van der Waals surface area contributed by atoms with E-state index < -0.39 is 15.8 Å². The van der Waals surface area contributed by atoms with E-state index in [-0.39, 0.29) is 34.8 Å². The van der Waals surface area contributed by atoms with Crippen molar-refractivity contribution in [3.63, 3.8) is 0 Å². The second-order valence-electron chi connectivity index (χ2n) is 9.14. The zero-order valence-electron chi connectivity index (χ0n) is 19.3. The lowest BCUT2D eigenvalue weighted by molar-refractivity contribution is -0.118. The van der Waals surface area contributed by atoms with Crippen molar-refractivity contribution in [2.45, 2.75) is 38.6 Å². The molecule has 1 amide bonds. The van der Waals surface area contributed by atoms with Crippen molar-refractivity contribution in [1.29, 1.82) is 0 Å². The maximum absolute atomic E-state index is 13.2. The number of sulfonamides is 1. The van der Waals surface area contributed by atoms with Gasteiger partial charge in [0.25, 0.3) is 0 Å². The molecule has 0 bridgehead atoms. The number of oxazole rings is 1. The van der Waals surface area contributed by atoms with E-state index in [0.717, 1.165) is 12.0 Å². The first-order valence-electron chi connectivity index (χ1n) is 11.0. The van der Waals surface area contributed by atoms with E-state index in [9.17, 15) is 18.0 Å². The van der Waals surface area contributed by atoms with Crippen LogP contribution in [0.5, 0.6) is 0 Å². The molecule has 0 unspecified atom stereocenters. The molecule has 0 N–H and O–H groups in total. The van der Waals surface area contributed by atoms with Crippen LogP contribution < -0.4 is 10.7 Å². The van der Waals surface area contributed by atoms with Gasteiger partial charge in [-0.3, -0.25) is 9.36 Å². The molecule has 0 spiro atoms. The van der Waals surface area contributed by atoms with Gasteiger partial charge in [-0.25, -0.2) is 13.2 Å². The molecule has 3 aromatic rings. The first kappa shape index (κ1) is 23.3. The molecule has 176 valence electrons. The van der Waals surface area contributed by atoms with Gasteiger partial charge in [-0.05, 0) is 49.4 Å². The Hall–Kier alpha value is -2.91. The molecule has 8 nitrogen and oxygen atoms in total. The molecule has 4 rings (SSSR count). The quantitative estimate of drug-likeness (QED) is 0.570. The van der Waals surface area contributed by atoms with Crippen LogP contribution in [-0.4, -0.2) is 43.3 Å². The second kappa shape index (κ2) is 8.79. The van der Waals surface area contributed by atoms with Crippen LogP contribution in [0.25, 0.3) is 11.1 Å². The van der Waals surface area contributed by atoms with E-state index >= 15 is 0 Å². The van der Waals surface area contributed by atoms with Crippen LogP contribution in [0.15, 0.2) is 56.6 Å². The first-order valence-corrected chi connectivity index (χ1v) is 12.5. The van der Waals surface area contributed by atoms with Crippen molar-refractivity contribution >= 4 is 32.7 Å². The van der Waals surface area contributed by atoms with Gasteiger partial charge in [0, 0.05) is 31.9 Å². The molecule has 0 saturated carbocycles. The van der Waals surface area contributed by atoms with Crippen molar-refractivity contribution < 1.29 is 17.6 Å². The van der Waals surface area contributed by atoms with Crippen LogP contribution in [0.4, 0.5) is 5.69 Å². The molecule has 1 aliphatic heterocycles. The third-order valence-electron chi connectivity index (χ3n) is 6.20. The Labute approximate surface area is 193 Å². The minimum atomic E-state index is -3.71. The minimum absolute atomic E-state index is 0.0836. The van der Waals surface area contributed by atoms with E-state index in [2.05, 4.69) is 0 Å². The highest BCUT2D eigenvalue weighted by molar-refractivity contribution is 7.89. The van der Waals surface area contributed by atoms with Crippen LogP contribution >= 0.6 is 0 Å². The Balaban J connectivity index is 1.61. The zero-order valence-corrected chi connectivity index (χ0v) is 20.1. The highest BCUT2D eigenvalue weighted by Gasteiger charge is 2.32. The highest BCUT2D eigenvalue weighted by atomic mass is 32.2. The Morgan fingerprint density at radius 2 is 1.73 bits per heavy atom. The molecule has 1 saturated heterocycles. The van der Waals surface area contributed by atoms with Crippen molar-refractivity contribution in [1.82, 2.24) is 8.87 Å². The Kier molecular flexibility index (Phi) is 6.20. The van der Waals surface area contributed by atoms with E-state index in [0.29, 0.717) is 24.3 Å². The Morgan fingerprint density at radius 3 is 2.36 bits per heavy atom. The van der Waals surface area contributed by atoms with Crippen molar-refractivity contribution in [2.24, 2.45) is 11.8 Å². The number of carbonyl (C=O) groups is 1. The number of nitrogens with zero attached hydrogens (tertiary/aromatic N) is 3. The molecular formula is C24H29N3O5S. The minimum Gasteiger partial charge on any atom is -0.408 e. The summed E-state index contributed by atoms with van der Waals surface area (Å²) in [5.41, 5.74) is 2.32. The fourth-order valence-electron chi connectivity index (χ4n) is 4.46. The molecule has 2 aromatic carbocycles. The summed E-state index contributed by atoms with van der Waals surface area (Å²) in [6.45, 7) is 6.77. The zero-order chi connectivity index (χ0) is 23.9. The van der Waals surface area contributed by atoms with Gasteiger partial charge in [-0.2, -0.15) is 4.31 Å². The molecule has 2 atom stereocenters. The third kappa shape index (κ3) is 4.60. The van der Waals surface area contributed by atoms with Gasteiger partial charge < -0.3 is 9.32 Å². The number of anilines is 1. The molecular weight excluding hydrogens is 442 g/mol. The maximum atomic E-state index is 13.2. The van der Waals surface area contributed by atoms with Crippen molar-refractivity contribution in [2.75, 3.05) is 25.0 Å². The number of piperidine rings is 1. The summed E-state index contributed by atoms with van der Waals surface area (Å²) in [4.78, 5) is 26.9. The van der Waals surface area contributed by atoms with Gasteiger partial charge in [-0.15, -0.1) is 0 Å².